The molecular weight excluding hydrogens is 324 g/mol. The quantitative estimate of drug-likeness (QED) is 0.728. The van der Waals surface area contributed by atoms with Crippen LogP contribution in [0.25, 0.3) is 11.1 Å². The molecular formula is C22H20N2O2. The number of anilines is 1. The summed E-state index contributed by atoms with van der Waals surface area (Å²) >= 11 is 0. The SMILES string of the molecule is CCc1cc(C2CNc3ncc(-c4ccccc4)cc32)ccc1C(=O)O. The summed E-state index contributed by atoms with van der Waals surface area (Å²) in [5, 5.41) is 12.7. The first-order valence-electron chi connectivity index (χ1n) is 8.82. The van der Waals surface area contributed by atoms with Crippen LogP contribution in [0, 0.1) is 0 Å². The Morgan fingerprint density at radius 3 is 2.69 bits per heavy atom. The molecule has 1 aliphatic heterocycles. The number of carboxylic acid groups (broad SMARTS) is 1. The third-order valence-electron chi connectivity index (χ3n) is 5.02. The summed E-state index contributed by atoms with van der Waals surface area (Å²) in [5.74, 6) is 0.218. The van der Waals surface area contributed by atoms with E-state index in [-0.39, 0.29) is 5.92 Å². The van der Waals surface area contributed by atoms with Crippen molar-refractivity contribution in [2.45, 2.75) is 19.3 Å². The first-order chi connectivity index (χ1) is 12.7. The van der Waals surface area contributed by atoms with Gasteiger partial charge in [-0.1, -0.05) is 49.4 Å². The molecule has 26 heavy (non-hydrogen) atoms. The number of nitrogens with one attached hydrogen (secondary N) is 1. The van der Waals surface area contributed by atoms with Gasteiger partial charge in [0.1, 0.15) is 5.82 Å². The first-order valence-corrected chi connectivity index (χ1v) is 8.82. The van der Waals surface area contributed by atoms with Crippen LogP contribution in [0.15, 0.2) is 60.8 Å². The average molecular weight is 344 g/mol. The van der Waals surface area contributed by atoms with Crippen molar-refractivity contribution in [1.29, 1.82) is 0 Å². The molecule has 1 atom stereocenters. The summed E-state index contributed by atoms with van der Waals surface area (Å²) in [6, 6.07) is 18.1. The number of carboxylic acids is 1. The van der Waals surface area contributed by atoms with Crippen molar-refractivity contribution in [3.05, 3.63) is 83.0 Å². The Labute approximate surface area is 152 Å². The van der Waals surface area contributed by atoms with E-state index < -0.39 is 5.97 Å². The average Bonchev–Trinajstić information content (AvgIpc) is 3.11. The maximum atomic E-state index is 11.4. The normalized spacial score (nSPS) is 15.3. The van der Waals surface area contributed by atoms with Crippen molar-refractivity contribution in [1.82, 2.24) is 4.98 Å². The van der Waals surface area contributed by atoms with Crippen LogP contribution in [0.2, 0.25) is 0 Å². The first kappa shape index (κ1) is 16.3. The van der Waals surface area contributed by atoms with Crippen LogP contribution in [-0.4, -0.2) is 22.6 Å². The van der Waals surface area contributed by atoms with E-state index in [1.165, 1.54) is 0 Å². The van der Waals surface area contributed by atoms with E-state index in [4.69, 9.17) is 0 Å². The van der Waals surface area contributed by atoms with Gasteiger partial charge < -0.3 is 10.4 Å². The monoisotopic (exact) mass is 344 g/mol. The molecule has 2 heterocycles. The van der Waals surface area contributed by atoms with Gasteiger partial charge in [-0.2, -0.15) is 0 Å². The maximum Gasteiger partial charge on any atom is 0.335 e. The highest BCUT2D eigenvalue weighted by atomic mass is 16.4. The van der Waals surface area contributed by atoms with Gasteiger partial charge in [-0.15, -0.1) is 0 Å². The van der Waals surface area contributed by atoms with E-state index >= 15 is 0 Å². The molecule has 0 fully saturated rings. The second kappa shape index (κ2) is 6.64. The smallest absolute Gasteiger partial charge is 0.335 e. The molecule has 0 aliphatic carbocycles. The summed E-state index contributed by atoms with van der Waals surface area (Å²) in [4.78, 5) is 16.0. The van der Waals surface area contributed by atoms with Gasteiger partial charge in [-0.05, 0) is 35.2 Å². The number of hydrogen-bond acceptors (Lipinski definition) is 3. The molecule has 2 N–H and O–H groups in total. The van der Waals surface area contributed by atoms with E-state index in [1.54, 1.807) is 6.07 Å². The fourth-order valence-corrected chi connectivity index (χ4v) is 3.62. The molecule has 4 rings (SSSR count). The molecule has 0 saturated carbocycles. The zero-order chi connectivity index (χ0) is 18.1. The van der Waals surface area contributed by atoms with Crippen molar-refractivity contribution in [2.75, 3.05) is 11.9 Å². The number of aryl methyl sites for hydroxylation is 1. The number of aromatic nitrogens is 1. The van der Waals surface area contributed by atoms with Gasteiger partial charge in [-0.25, -0.2) is 9.78 Å². The second-order valence-corrected chi connectivity index (χ2v) is 6.54. The number of fused-ring (bicyclic) bond motifs is 1. The number of pyridine rings is 1. The van der Waals surface area contributed by atoms with Gasteiger partial charge in [0.05, 0.1) is 5.56 Å². The number of nitrogens with zero attached hydrogens (tertiary/aromatic N) is 1. The molecule has 0 saturated heterocycles. The number of benzene rings is 2. The standard InChI is InChI=1S/C22H20N2O2/c1-2-14-10-16(8-9-18(14)22(25)26)20-13-24-21-19(20)11-17(12-23-21)15-6-4-3-5-7-15/h3-12,20H,2,13H2,1H3,(H,23,24)(H,25,26). The molecule has 3 aromatic rings. The van der Waals surface area contributed by atoms with E-state index in [1.807, 2.05) is 43.5 Å². The van der Waals surface area contributed by atoms with Crippen LogP contribution in [0.4, 0.5) is 5.82 Å². The Kier molecular flexibility index (Phi) is 4.17. The third kappa shape index (κ3) is 2.84. The Morgan fingerprint density at radius 2 is 1.96 bits per heavy atom. The van der Waals surface area contributed by atoms with E-state index in [2.05, 4.69) is 28.5 Å². The minimum absolute atomic E-state index is 0.175. The summed E-state index contributed by atoms with van der Waals surface area (Å²) in [5.41, 5.74) is 5.79. The molecule has 4 nitrogen and oxygen atoms in total. The molecule has 0 bridgehead atoms. The fourth-order valence-electron chi connectivity index (χ4n) is 3.62. The highest BCUT2D eigenvalue weighted by molar-refractivity contribution is 5.89. The second-order valence-electron chi connectivity index (χ2n) is 6.54. The Morgan fingerprint density at radius 1 is 1.15 bits per heavy atom. The lowest BCUT2D eigenvalue weighted by Gasteiger charge is -2.14. The number of carbonyl (C=O) groups is 1. The van der Waals surface area contributed by atoms with Crippen LogP contribution in [-0.2, 0) is 6.42 Å². The molecule has 1 unspecified atom stereocenters. The van der Waals surface area contributed by atoms with Crippen LogP contribution in [0.1, 0.15) is 39.9 Å². The molecule has 0 radical (unpaired) electrons. The third-order valence-corrected chi connectivity index (χ3v) is 5.02. The van der Waals surface area contributed by atoms with Gasteiger partial charge in [0.15, 0.2) is 0 Å². The topological polar surface area (TPSA) is 62.2 Å². The van der Waals surface area contributed by atoms with Gasteiger partial charge in [0, 0.05) is 29.8 Å². The van der Waals surface area contributed by atoms with E-state index in [0.29, 0.717) is 12.0 Å². The highest BCUT2D eigenvalue weighted by Gasteiger charge is 2.26. The van der Waals surface area contributed by atoms with Crippen LogP contribution in [0.3, 0.4) is 0 Å². The molecule has 130 valence electrons. The Bertz CT molecular complexity index is 967. The lowest BCUT2D eigenvalue weighted by atomic mass is 9.89. The number of rotatable bonds is 4. The largest absolute Gasteiger partial charge is 0.478 e. The van der Waals surface area contributed by atoms with Crippen molar-refractivity contribution >= 4 is 11.8 Å². The predicted octanol–water partition coefficient (Wildman–Crippen LogP) is 4.57. The van der Waals surface area contributed by atoms with Gasteiger partial charge in [0.25, 0.3) is 0 Å². The van der Waals surface area contributed by atoms with E-state index in [0.717, 1.165) is 40.2 Å². The molecule has 0 spiro atoms. The minimum Gasteiger partial charge on any atom is -0.478 e. The number of aromatic carboxylic acids is 1. The molecule has 1 aliphatic rings. The van der Waals surface area contributed by atoms with Crippen molar-refractivity contribution in [3.63, 3.8) is 0 Å². The lowest BCUT2D eigenvalue weighted by molar-refractivity contribution is 0.0695. The van der Waals surface area contributed by atoms with E-state index in [9.17, 15) is 9.90 Å². The maximum absolute atomic E-state index is 11.4. The molecule has 0 amide bonds. The summed E-state index contributed by atoms with van der Waals surface area (Å²) in [7, 11) is 0. The highest BCUT2D eigenvalue weighted by Crippen LogP contribution is 2.37. The van der Waals surface area contributed by atoms with Crippen LogP contribution in [0.5, 0.6) is 0 Å². The van der Waals surface area contributed by atoms with Gasteiger partial charge >= 0.3 is 5.97 Å². The van der Waals surface area contributed by atoms with Crippen LogP contribution < -0.4 is 5.32 Å². The van der Waals surface area contributed by atoms with Crippen LogP contribution >= 0.6 is 0 Å². The summed E-state index contributed by atoms with van der Waals surface area (Å²) in [6.45, 7) is 2.76. The zero-order valence-electron chi connectivity index (χ0n) is 14.6. The lowest BCUT2D eigenvalue weighted by Crippen LogP contribution is -2.07. The zero-order valence-corrected chi connectivity index (χ0v) is 14.6. The predicted molar refractivity (Wildman–Crippen MR) is 103 cm³/mol. The van der Waals surface area contributed by atoms with Crippen molar-refractivity contribution in [3.8, 4) is 11.1 Å². The summed E-state index contributed by atoms with van der Waals surface area (Å²) in [6.07, 6.45) is 2.60. The minimum atomic E-state index is -0.869. The van der Waals surface area contributed by atoms with Gasteiger partial charge in [-0.3, -0.25) is 0 Å². The molecule has 2 aromatic carbocycles. The van der Waals surface area contributed by atoms with Gasteiger partial charge in [0.2, 0.25) is 0 Å². The molecule has 4 heteroatoms. The fraction of sp³-hybridized carbons (Fsp3) is 0.182. The Hall–Kier alpha value is -3.14. The summed E-state index contributed by atoms with van der Waals surface area (Å²) < 4.78 is 0. The number of hydrogen-bond donors (Lipinski definition) is 2. The van der Waals surface area contributed by atoms with Crippen molar-refractivity contribution < 1.29 is 9.90 Å². The van der Waals surface area contributed by atoms with Crippen molar-refractivity contribution in [2.24, 2.45) is 0 Å². The molecule has 1 aromatic heterocycles. The Balaban J connectivity index is 1.75.